The number of benzene rings is 1. The van der Waals surface area contributed by atoms with Crippen molar-refractivity contribution < 1.29 is 4.79 Å². The van der Waals surface area contributed by atoms with Gasteiger partial charge in [0.2, 0.25) is 0 Å². The molecule has 0 aliphatic carbocycles. The van der Waals surface area contributed by atoms with Crippen LogP contribution < -0.4 is 5.73 Å². The fourth-order valence-electron chi connectivity index (χ4n) is 2.62. The zero-order valence-corrected chi connectivity index (χ0v) is 12.9. The molecule has 0 aliphatic rings. The van der Waals surface area contributed by atoms with E-state index < -0.39 is 0 Å². The van der Waals surface area contributed by atoms with Gasteiger partial charge in [-0.25, -0.2) is 0 Å². The number of thiophene rings is 1. The molecule has 0 fully saturated rings. The topological polar surface area (TPSA) is 43.1 Å². The summed E-state index contributed by atoms with van der Waals surface area (Å²) in [7, 11) is 0. The van der Waals surface area contributed by atoms with E-state index in [1.54, 1.807) is 11.3 Å². The second-order valence-electron chi connectivity index (χ2n) is 5.36. The Hall–Kier alpha value is -1.19. The van der Waals surface area contributed by atoms with Crippen molar-refractivity contribution in [1.82, 2.24) is 0 Å². The molecule has 2 aromatic rings. The molecule has 1 aromatic carbocycles. The maximum absolute atomic E-state index is 12.2. The number of carbonyl (C=O) groups excluding carboxylic acids is 1. The van der Waals surface area contributed by atoms with Gasteiger partial charge in [-0.3, -0.25) is 4.79 Å². The van der Waals surface area contributed by atoms with Gasteiger partial charge in [0.05, 0.1) is 0 Å². The molecule has 108 valence electrons. The van der Waals surface area contributed by atoms with E-state index in [0.29, 0.717) is 24.5 Å². The van der Waals surface area contributed by atoms with Crippen LogP contribution in [-0.4, -0.2) is 12.3 Å². The standard InChI is InChI=1S/C17H23NOS/c1-2-13(9-10-18)7-8-15(19)11-14-12-20-17-6-4-3-5-16(14)17/h3-6,12-13H,2,7-11,18H2,1H3. The average molecular weight is 289 g/mol. The van der Waals surface area contributed by atoms with Crippen LogP contribution in [0, 0.1) is 5.92 Å². The van der Waals surface area contributed by atoms with E-state index in [9.17, 15) is 4.79 Å². The lowest BCUT2D eigenvalue weighted by molar-refractivity contribution is -0.118. The van der Waals surface area contributed by atoms with Crippen molar-refractivity contribution in [3.05, 3.63) is 35.2 Å². The summed E-state index contributed by atoms with van der Waals surface area (Å²) in [5.41, 5.74) is 6.78. The molecule has 0 amide bonds. The Morgan fingerprint density at radius 2 is 2.10 bits per heavy atom. The van der Waals surface area contributed by atoms with Gasteiger partial charge >= 0.3 is 0 Å². The Morgan fingerprint density at radius 1 is 1.30 bits per heavy atom. The Balaban J connectivity index is 1.91. The van der Waals surface area contributed by atoms with Gasteiger partial charge in [0.25, 0.3) is 0 Å². The highest BCUT2D eigenvalue weighted by atomic mass is 32.1. The third-order valence-corrected chi connectivity index (χ3v) is 4.94. The maximum atomic E-state index is 12.2. The molecule has 0 radical (unpaired) electrons. The summed E-state index contributed by atoms with van der Waals surface area (Å²) in [6, 6.07) is 8.31. The first kappa shape index (κ1) is 15.2. The summed E-state index contributed by atoms with van der Waals surface area (Å²) in [5.74, 6) is 0.951. The van der Waals surface area contributed by atoms with Gasteiger partial charge in [0.1, 0.15) is 5.78 Å². The van der Waals surface area contributed by atoms with Crippen molar-refractivity contribution in [2.45, 2.75) is 39.0 Å². The van der Waals surface area contributed by atoms with Gasteiger partial charge in [-0.05, 0) is 47.7 Å². The largest absolute Gasteiger partial charge is 0.330 e. The Labute approximate surface area is 125 Å². The molecule has 1 unspecified atom stereocenters. The highest BCUT2D eigenvalue weighted by Gasteiger charge is 2.12. The summed E-state index contributed by atoms with van der Waals surface area (Å²) in [4.78, 5) is 12.2. The van der Waals surface area contributed by atoms with Crippen LogP contribution in [0.4, 0.5) is 0 Å². The van der Waals surface area contributed by atoms with Crippen LogP contribution in [0.1, 0.15) is 38.2 Å². The smallest absolute Gasteiger partial charge is 0.137 e. The first-order chi connectivity index (χ1) is 9.74. The number of hydrogen-bond donors (Lipinski definition) is 1. The number of fused-ring (bicyclic) bond motifs is 1. The van der Waals surface area contributed by atoms with E-state index in [1.165, 1.54) is 15.6 Å². The minimum atomic E-state index is 0.351. The van der Waals surface area contributed by atoms with E-state index in [0.717, 1.165) is 25.8 Å². The fourth-order valence-corrected chi connectivity index (χ4v) is 3.59. The Bertz CT molecular complexity index is 561. The molecule has 0 saturated carbocycles. The highest BCUT2D eigenvalue weighted by molar-refractivity contribution is 7.17. The van der Waals surface area contributed by atoms with Crippen LogP contribution in [0.3, 0.4) is 0 Å². The van der Waals surface area contributed by atoms with Gasteiger partial charge in [-0.15, -0.1) is 11.3 Å². The summed E-state index contributed by atoms with van der Waals surface area (Å²) in [5, 5.41) is 3.36. The second-order valence-corrected chi connectivity index (χ2v) is 6.27. The van der Waals surface area contributed by atoms with Gasteiger partial charge in [0.15, 0.2) is 0 Å². The zero-order valence-electron chi connectivity index (χ0n) is 12.1. The summed E-state index contributed by atoms with van der Waals surface area (Å²) in [6.45, 7) is 2.90. The minimum absolute atomic E-state index is 0.351. The van der Waals surface area contributed by atoms with E-state index in [2.05, 4.69) is 24.4 Å². The molecule has 1 heterocycles. The van der Waals surface area contributed by atoms with Crippen LogP contribution in [0.2, 0.25) is 0 Å². The van der Waals surface area contributed by atoms with E-state index in [1.807, 2.05) is 12.1 Å². The average Bonchev–Trinajstić information content (AvgIpc) is 2.87. The quantitative estimate of drug-likeness (QED) is 0.792. The number of nitrogens with two attached hydrogens (primary N) is 1. The molecule has 0 saturated heterocycles. The SMILES string of the molecule is CCC(CCN)CCC(=O)Cc1csc2ccccc12. The van der Waals surface area contributed by atoms with Gasteiger partial charge < -0.3 is 5.73 Å². The van der Waals surface area contributed by atoms with Crippen molar-refractivity contribution in [1.29, 1.82) is 0 Å². The molecule has 0 spiro atoms. The first-order valence-electron chi connectivity index (χ1n) is 7.41. The first-order valence-corrected chi connectivity index (χ1v) is 8.29. The number of rotatable bonds is 8. The summed E-state index contributed by atoms with van der Waals surface area (Å²) >= 11 is 1.72. The van der Waals surface area contributed by atoms with E-state index in [4.69, 9.17) is 5.73 Å². The van der Waals surface area contributed by atoms with Gasteiger partial charge in [-0.2, -0.15) is 0 Å². The number of Topliss-reactive ketones (excluding diaryl/α,β-unsaturated/α-hetero) is 1. The predicted octanol–water partition coefficient (Wildman–Crippen LogP) is 4.17. The molecule has 2 rings (SSSR count). The Kier molecular flexibility index (Phi) is 5.74. The maximum Gasteiger partial charge on any atom is 0.137 e. The molecule has 3 heteroatoms. The number of hydrogen-bond acceptors (Lipinski definition) is 3. The summed E-state index contributed by atoms with van der Waals surface area (Å²) < 4.78 is 1.27. The lowest BCUT2D eigenvalue weighted by atomic mass is 9.94. The molecule has 0 bridgehead atoms. The van der Waals surface area contributed by atoms with Gasteiger partial charge in [0, 0.05) is 17.5 Å². The highest BCUT2D eigenvalue weighted by Crippen LogP contribution is 2.26. The lowest BCUT2D eigenvalue weighted by Crippen LogP contribution is -2.11. The van der Waals surface area contributed by atoms with Crippen molar-refractivity contribution in [3.63, 3.8) is 0 Å². The monoisotopic (exact) mass is 289 g/mol. The zero-order chi connectivity index (χ0) is 14.4. The van der Waals surface area contributed by atoms with Crippen molar-refractivity contribution in [2.75, 3.05) is 6.54 Å². The van der Waals surface area contributed by atoms with Gasteiger partial charge in [-0.1, -0.05) is 31.5 Å². The van der Waals surface area contributed by atoms with Crippen LogP contribution in [0.5, 0.6) is 0 Å². The van der Waals surface area contributed by atoms with Crippen LogP contribution in [-0.2, 0) is 11.2 Å². The molecule has 1 aromatic heterocycles. The molecule has 20 heavy (non-hydrogen) atoms. The second kappa shape index (κ2) is 7.55. The third kappa shape index (κ3) is 3.90. The number of ketones is 1. The van der Waals surface area contributed by atoms with Crippen LogP contribution >= 0.6 is 11.3 Å². The van der Waals surface area contributed by atoms with Crippen molar-refractivity contribution in [2.24, 2.45) is 11.7 Å². The predicted molar refractivity (Wildman–Crippen MR) is 87.2 cm³/mol. The molecule has 2 N–H and O–H groups in total. The Morgan fingerprint density at radius 3 is 2.85 bits per heavy atom. The van der Waals surface area contributed by atoms with Crippen LogP contribution in [0.15, 0.2) is 29.6 Å². The lowest BCUT2D eigenvalue weighted by Gasteiger charge is -2.12. The molecular formula is C17H23NOS. The molecular weight excluding hydrogens is 266 g/mol. The van der Waals surface area contributed by atoms with Crippen LogP contribution in [0.25, 0.3) is 10.1 Å². The van der Waals surface area contributed by atoms with Crippen molar-refractivity contribution in [3.8, 4) is 0 Å². The van der Waals surface area contributed by atoms with E-state index >= 15 is 0 Å². The summed E-state index contributed by atoms with van der Waals surface area (Å²) in [6.07, 6.45) is 4.39. The molecule has 0 aliphatic heterocycles. The number of carbonyl (C=O) groups is 1. The van der Waals surface area contributed by atoms with E-state index in [-0.39, 0.29) is 0 Å². The third-order valence-electron chi connectivity index (χ3n) is 3.93. The normalized spacial score (nSPS) is 12.7. The van der Waals surface area contributed by atoms with Crippen molar-refractivity contribution >= 4 is 27.2 Å². The molecule has 1 atom stereocenters. The fraction of sp³-hybridized carbons (Fsp3) is 0.471. The minimum Gasteiger partial charge on any atom is -0.330 e. The molecule has 2 nitrogen and oxygen atoms in total.